The monoisotopic (exact) mass is 554 g/mol. The summed E-state index contributed by atoms with van der Waals surface area (Å²) in [5.74, 6) is -2.75. The molecule has 0 spiro atoms. The van der Waals surface area contributed by atoms with E-state index in [1.54, 1.807) is 20.8 Å². The van der Waals surface area contributed by atoms with Crippen LogP contribution in [0.1, 0.15) is 139 Å². The van der Waals surface area contributed by atoms with Crippen LogP contribution in [0.15, 0.2) is 33.4 Å². The molecule has 0 rings (SSSR count). The molecule has 0 aromatic heterocycles. The molecule has 0 unspecified atom stereocenters. The molecule has 0 N–H and O–H groups in total. The van der Waals surface area contributed by atoms with Gasteiger partial charge in [-0.2, -0.15) is 4.57 Å². The van der Waals surface area contributed by atoms with Crippen molar-refractivity contribution in [2.75, 3.05) is 0 Å². The Morgan fingerprint density at radius 2 is 0.632 bits per heavy atom. The van der Waals surface area contributed by atoms with E-state index in [-0.39, 0.29) is 16.7 Å². The van der Waals surface area contributed by atoms with Crippen molar-refractivity contribution < 1.29 is 32.5 Å². The largest absolute Gasteiger partial charge is 0.654 e. The molecule has 0 atom stereocenters. The molecule has 218 valence electrons. The first-order chi connectivity index (χ1) is 17.9. The molecule has 0 aromatic carbocycles. The number of rotatable bonds is 18. The van der Waals surface area contributed by atoms with Crippen molar-refractivity contribution in [3.05, 3.63) is 33.4 Å². The molecule has 0 amide bonds. The Kier molecular flexibility index (Phi) is 17.9. The molecule has 38 heavy (non-hydrogen) atoms. The molecule has 8 heteroatoms. The number of hydrogen-bond acceptors (Lipinski definition) is 7. The van der Waals surface area contributed by atoms with Crippen LogP contribution in [0.4, 0.5) is 0 Å². The van der Waals surface area contributed by atoms with Crippen molar-refractivity contribution in [3.8, 4) is 0 Å². The predicted octanol–water partition coefficient (Wildman–Crippen LogP) is 9.47. The maximum absolute atomic E-state index is 13.8. The van der Waals surface area contributed by atoms with Crippen LogP contribution in [0, 0.1) is 0 Å². The number of carbonyl (C=O) groups is 3. The first-order valence-corrected chi connectivity index (χ1v) is 15.8. The van der Waals surface area contributed by atoms with Crippen LogP contribution in [0.5, 0.6) is 0 Å². The smallest absolute Gasteiger partial charge is 0.348 e. The van der Waals surface area contributed by atoms with E-state index in [0.29, 0.717) is 38.5 Å². The van der Waals surface area contributed by atoms with E-state index in [9.17, 15) is 18.9 Å². The van der Waals surface area contributed by atoms with Gasteiger partial charge < -0.3 is 13.6 Å². The Labute approximate surface area is 231 Å². The van der Waals surface area contributed by atoms with E-state index in [0.717, 1.165) is 55.2 Å². The molecule has 0 fully saturated rings. The van der Waals surface area contributed by atoms with Gasteiger partial charge in [-0.15, -0.1) is 0 Å². The van der Waals surface area contributed by atoms with Gasteiger partial charge in [0.15, 0.2) is 0 Å². The lowest BCUT2D eigenvalue weighted by molar-refractivity contribution is -0.140. The van der Waals surface area contributed by atoms with Gasteiger partial charge in [0.25, 0.3) is 0 Å². The average molecular weight is 555 g/mol. The summed E-state index contributed by atoms with van der Waals surface area (Å²) in [6.45, 7) is 16.8. The van der Waals surface area contributed by atoms with Crippen molar-refractivity contribution in [3.63, 3.8) is 0 Å². The van der Waals surface area contributed by atoms with Gasteiger partial charge in [-0.3, -0.25) is 0 Å². The molecule has 0 heterocycles. The van der Waals surface area contributed by atoms with Crippen molar-refractivity contribution >= 4 is 25.7 Å². The fraction of sp³-hybridized carbons (Fsp3) is 0.700. The Morgan fingerprint density at radius 1 is 0.447 bits per heavy atom. The molecule has 0 aromatic rings. The molecule has 0 bridgehead atoms. The highest BCUT2D eigenvalue weighted by molar-refractivity contribution is 7.50. The second-order valence-electron chi connectivity index (χ2n) is 9.77. The maximum atomic E-state index is 13.8. The first-order valence-electron chi connectivity index (χ1n) is 14.3. The molecule has 0 aliphatic heterocycles. The van der Waals surface area contributed by atoms with Crippen molar-refractivity contribution in [2.24, 2.45) is 0 Å². The van der Waals surface area contributed by atoms with Gasteiger partial charge in [-0.1, -0.05) is 96.8 Å². The molecular weight excluding hydrogens is 503 g/mol. The summed E-state index contributed by atoms with van der Waals surface area (Å²) in [5.41, 5.74) is 3.48. The van der Waals surface area contributed by atoms with Gasteiger partial charge in [0.05, 0.1) is 0 Å². The predicted molar refractivity (Wildman–Crippen MR) is 153 cm³/mol. The molecule has 0 radical (unpaired) electrons. The van der Waals surface area contributed by atoms with E-state index in [4.69, 9.17) is 13.6 Å². The van der Waals surface area contributed by atoms with Crippen LogP contribution in [0.3, 0.4) is 0 Å². The Bertz CT molecular complexity index is 797. The number of phosphoric ester groups is 1. The molecular formula is C30H51O7P. The zero-order valence-corrected chi connectivity index (χ0v) is 26.2. The standard InChI is InChI=1S/C30H51O7P/c1-10-16-25(17-11-2)22(7)28(31)35-38(34,36-29(32)23(8)26(18-12-3)19-13-4)37-30(33)24(9)27(20-14-5)21-15-6/h10-21H2,1-9H3. The van der Waals surface area contributed by atoms with Crippen LogP contribution in [0.2, 0.25) is 0 Å². The second-order valence-corrected chi connectivity index (χ2v) is 11.2. The Balaban J connectivity index is 6.47. The fourth-order valence-corrected chi connectivity index (χ4v) is 5.44. The van der Waals surface area contributed by atoms with E-state index in [1.165, 1.54) is 0 Å². The Hall–Kier alpha value is -2.14. The van der Waals surface area contributed by atoms with Crippen LogP contribution < -0.4 is 0 Å². The summed E-state index contributed by atoms with van der Waals surface area (Å²) >= 11 is 0. The second kappa shape index (κ2) is 19.0. The summed E-state index contributed by atoms with van der Waals surface area (Å²) in [7, 11) is -4.93. The summed E-state index contributed by atoms with van der Waals surface area (Å²) < 4.78 is 29.5. The maximum Gasteiger partial charge on any atom is 0.654 e. The minimum Gasteiger partial charge on any atom is -0.348 e. The molecule has 7 nitrogen and oxygen atoms in total. The molecule has 0 saturated heterocycles. The van der Waals surface area contributed by atoms with Crippen LogP contribution >= 0.6 is 7.82 Å². The van der Waals surface area contributed by atoms with Crippen LogP contribution in [-0.4, -0.2) is 17.9 Å². The van der Waals surface area contributed by atoms with Gasteiger partial charge >= 0.3 is 25.7 Å². The molecule has 0 aliphatic rings. The highest BCUT2D eigenvalue weighted by atomic mass is 31.2. The minimum atomic E-state index is -4.93. The lowest BCUT2D eigenvalue weighted by atomic mass is 10.0. The summed E-state index contributed by atoms with van der Waals surface area (Å²) in [6.07, 6.45) is 9.01. The van der Waals surface area contributed by atoms with E-state index < -0.39 is 25.7 Å². The summed E-state index contributed by atoms with van der Waals surface area (Å²) in [6, 6.07) is 0. The molecule has 0 aliphatic carbocycles. The lowest BCUT2D eigenvalue weighted by Crippen LogP contribution is -2.17. The zero-order valence-electron chi connectivity index (χ0n) is 25.3. The van der Waals surface area contributed by atoms with E-state index in [2.05, 4.69) is 0 Å². The lowest BCUT2D eigenvalue weighted by Gasteiger charge is -2.19. The normalized spacial score (nSPS) is 10.9. The van der Waals surface area contributed by atoms with Gasteiger partial charge in [0.1, 0.15) is 0 Å². The van der Waals surface area contributed by atoms with Crippen molar-refractivity contribution in [2.45, 2.75) is 139 Å². The third-order valence-corrected chi connectivity index (χ3v) is 7.57. The number of allylic oxidation sites excluding steroid dienone is 3. The average Bonchev–Trinajstić information content (AvgIpc) is 2.86. The summed E-state index contributed by atoms with van der Waals surface area (Å²) in [4.78, 5) is 39.2. The quantitative estimate of drug-likeness (QED) is 0.123. The fourth-order valence-electron chi connectivity index (χ4n) is 4.31. The number of carbonyl (C=O) groups excluding carboxylic acids is 3. The highest BCUT2D eigenvalue weighted by Gasteiger charge is 2.41. The molecule has 0 saturated carbocycles. The van der Waals surface area contributed by atoms with Gasteiger partial charge in [0, 0.05) is 16.7 Å². The third-order valence-electron chi connectivity index (χ3n) is 6.40. The van der Waals surface area contributed by atoms with Crippen LogP contribution in [-0.2, 0) is 32.5 Å². The van der Waals surface area contributed by atoms with E-state index >= 15 is 0 Å². The Morgan fingerprint density at radius 3 is 0.789 bits per heavy atom. The third kappa shape index (κ3) is 12.1. The van der Waals surface area contributed by atoms with Crippen LogP contribution in [0.25, 0.3) is 0 Å². The van der Waals surface area contributed by atoms with Crippen molar-refractivity contribution in [1.29, 1.82) is 0 Å². The van der Waals surface area contributed by atoms with Gasteiger partial charge in [-0.05, 0) is 59.3 Å². The zero-order chi connectivity index (χ0) is 29.3. The van der Waals surface area contributed by atoms with E-state index in [1.807, 2.05) is 41.5 Å². The van der Waals surface area contributed by atoms with Crippen molar-refractivity contribution in [1.82, 2.24) is 0 Å². The number of hydrogen-bond donors (Lipinski definition) is 0. The first kappa shape index (κ1) is 35.9. The minimum absolute atomic E-state index is 0.288. The van der Waals surface area contributed by atoms with Gasteiger partial charge in [0.2, 0.25) is 0 Å². The SMILES string of the molecule is CCCC(CCC)=C(C)C(=O)OP(=O)(OC(=O)C(C)=C(CCC)CCC)OC(=O)C(C)=C(CCC)CCC. The highest BCUT2D eigenvalue weighted by Crippen LogP contribution is 2.52. The summed E-state index contributed by atoms with van der Waals surface area (Å²) in [5, 5.41) is 0. The topological polar surface area (TPSA) is 96.0 Å². The number of phosphoric acid groups is 1. The van der Waals surface area contributed by atoms with Gasteiger partial charge in [-0.25, -0.2) is 14.4 Å².